The zero-order valence-electron chi connectivity index (χ0n) is 22.8. The van der Waals surface area contributed by atoms with Crippen molar-refractivity contribution in [2.45, 2.75) is 91.0 Å². The molecular formula is C29H42N2O6. The number of hydrogen-bond acceptors (Lipinski definition) is 5. The summed E-state index contributed by atoms with van der Waals surface area (Å²) in [4.78, 5) is 40.7. The van der Waals surface area contributed by atoms with Gasteiger partial charge in [-0.15, -0.1) is 0 Å². The van der Waals surface area contributed by atoms with Gasteiger partial charge in [0.1, 0.15) is 17.7 Å². The quantitative estimate of drug-likeness (QED) is 0.525. The molecule has 3 fully saturated rings. The lowest BCUT2D eigenvalue weighted by atomic mass is 9.70. The zero-order chi connectivity index (χ0) is 27.0. The number of piperidine rings is 1. The third kappa shape index (κ3) is 5.79. The van der Waals surface area contributed by atoms with Gasteiger partial charge in [-0.25, -0.2) is 9.59 Å². The highest BCUT2D eigenvalue weighted by atomic mass is 16.6. The highest BCUT2D eigenvalue weighted by Crippen LogP contribution is 2.65. The molecule has 0 spiro atoms. The van der Waals surface area contributed by atoms with Crippen molar-refractivity contribution in [3.8, 4) is 0 Å². The van der Waals surface area contributed by atoms with Crippen LogP contribution in [0.15, 0.2) is 30.3 Å². The van der Waals surface area contributed by atoms with Crippen molar-refractivity contribution in [3.05, 3.63) is 35.9 Å². The molecule has 0 aromatic heterocycles. The van der Waals surface area contributed by atoms with Crippen LogP contribution in [0.3, 0.4) is 0 Å². The van der Waals surface area contributed by atoms with Crippen LogP contribution in [0, 0.1) is 22.7 Å². The van der Waals surface area contributed by atoms with Crippen LogP contribution in [0.2, 0.25) is 0 Å². The lowest BCUT2D eigenvalue weighted by Gasteiger charge is -2.43. The van der Waals surface area contributed by atoms with E-state index in [0.29, 0.717) is 19.8 Å². The molecule has 5 atom stereocenters. The Hall–Kier alpha value is -2.61. The maximum absolute atomic E-state index is 14.0. The highest BCUT2D eigenvalue weighted by Gasteiger charge is 2.72. The maximum atomic E-state index is 14.0. The summed E-state index contributed by atoms with van der Waals surface area (Å²) in [5.74, 6) is -1.44. The van der Waals surface area contributed by atoms with Crippen molar-refractivity contribution in [1.29, 1.82) is 0 Å². The van der Waals surface area contributed by atoms with Crippen LogP contribution in [0.4, 0.5) is 4.79 Å². The van der Waals surface area contributed by atoms with Gasteiger partial charge in [0.15, 0.2) is 0 Å². The van der Waals surface area contributed by atoms with Gasteiger partial charge in [-0.3, -0.25) is 4.79 Å². The average Bonchev–Trinajstić information content (AvgIpc) is 3.17. The van der Waals surface area contributed by atoms with Gasteiger partial charge in [0.2, 0.25) is 5.91 Å². The van der Waals surface area contributed by atoms with Crippen molar-refractivity contribution in [2.24, 2.45) is 22.7 Å². The molecule has 1 aromatic carbocycles. The van der Waals surface area contributed by atoms with Gasteiger partial charge < -0.3 is 24.8 Å². The summed E-state index contributed by atoms with van der Waals surface area (Å²) in [5, 5.41) is 13.1. The zero-order valence-corrected chi connectivity index (χ0v) is 22.8. The van der Waals surface area contributed by atoms with E-state index in [4.69, 9.17) is 9.47 Å². The van der Waals surface area contributed by atoms with E-state index in [2.05, 4.69) is 12.2 Å². The molecule has 3 aliphatic rings. The Balaban J connectivity index is 1.48. The normalized spacial score (nSPS) is 29.2. The number of nitrogens with zero attached hydrogens (tertiary/aromatic N) is 1. The monoisotopic (exact) mass is 514 g/mol. The fourth-order valence-corrected chi connectivity index (χ4v) is 6.58. The van der Waals surface area contributed by atoms with Gasteiger partial charge in [-0.1, -0.05) is 63.4 Å². The SMILES string of the molecule is CC(C)(C)OC(=O)N[C@H](C(=O)N1C[C@H]2[C@@H]([C@H]1C(=O)O)[C@]2(C)COCc1ccccc1)C1(C)CCCCC1. The summed E-state index contributed by atoms with van der Waals surface area (Å²) in [7, 11) is 0. The highest BCUT2D eigenvalue weighted by molar-refractivity contribution is 5.91. The van der Waals surface area contributed by atoms with E-state index < -0.39 is 35.2 Å². The number of likely N-dealkylation sites (tertiary alicyclic amines) is 1. The summed E-state index contributed by atoms with van der Waals surface area (Å²) < 4.78 is 11.5. The fourth-order valence-electron chi connectivity index (χ4n) is 6.58. The largest absolute Gasteiger partial charge is 0.480 e. The van der Waals surface area contributed by atoms with Crippen LogP contribution in [-0.4, -0.2) is 58.8 Å². The van der Waals surface area contributed by atoms with Crippen LogP contribution in [-0.2, 0) is 25.7 Å². The topological polar surface area (TPSA) is 105 Å². The number of nitrogens with one attached hydrogen (secondary N) is 1. The third-order valence-electron chi connectivity index (χ3n) is 8.66. The predicted molar refractivity (Wildman–Crippen MR) is 139 cm³/mol. The molecule has 1 aromatic rings. The van der Waals surface area contributed by atoms with Gasteiger partial charge in [0.25, 0.3) is 0 Å². The number of fused-ring (bicyclic) bond motifs is 1. The first-order chi connectivity index (χ1) is 17.4. The molecule has 1 saturated heterocycles. The molecule has 2 N–H and O–H groups in total. The van der Waals surface area contributed by atoms with E-state index in [9.17, 15) is 19.5 Å². The minimum Gasteiger partial charge on any atom is -0.480 e. The molecule has 1 heterocycles. The predicted octanol–water partition coefficient (Wildman–Crippen LogP) is 4.61. The Kier molecular flexibility index (Phi) is 7.62. The number of benzene rings is 1. The second-order valence-corrected chi connectivity index (χ2v) is 12.7. The van der Waals surface area contributed by atoms with Crippen molar-refractivity contribution >= 4 is 18.0 Å². The van der Waals surface area contributed by atoms with E-state index in [1.807, 2.05) is 37.3 Å². The van der Waals surface area contributed by atoms with Crippen molar-refractivity contribution < 1.29 is 29.0 Å². The molecule has 2 saturated carbocycles. The molecule has 204 valence electrons. The molecule has 37 heavy (non-hydrogen) atoms. The molecular weight excluding hydrogens is 472 g/mol. The number of aliphatic carboxylic acids is 1. The molecule has 2 aliphatic carbocycles. The van der Waals surface area contributed by atoms with Gasteiger partial charge in [-0.05, 0) is 50.5 Å². The molecule has 8 heteroatoms. The van der Waals surface area contributed by atoms with Gasteiger partial charge in [-0.2, -0.15) is 0 Å². The number of ether oxygens (including phenoxy) is 2. The summed E-state index contributed by atoms with van der Waals surface area (Å²) in [5.41, 5.74) is -0.381. The Morgan fingerprint density at radius 2 is 1.76 bits per heavy atom. The molecule has 4 rings (SSSR count). The number of carboxylic acids is 1. The number of carboxylic acid groups (broad SMARTS) is 1. The second kappa shape index (κ2) is 10.3. The summed E-state index contributed by atoms with van der Waals surface area (Å²) in [6.07, 6.45) is 3.98. The molecule has 1 aliphatic heterocycles. The Bertz CT molecular complexity index is 999. The number of alkyl carbamates (subject to hydrolysis) is 1. The minimum absolute atomic E-state index is 0.0506. The molecule has 8 nitrogen and oxygen atoms in total. The summed E-state index contributed by atoms with van der Waals surface area (Å²) in [6, 6.07) is 8.12. The van der Waals surface area contributed by atoms with Crippen molar-refractivity contribution in [3.63, 3.8) is 0 Å². The number of amides is 2. The fraction of sp³-hybridized carbons (Fsp3) is 0.690. The Morgan fingerprint density at radius 1 is 1.11 bits per heavy atom. The molecule has 0 unspecified atom stereocenters. The first kappa shape index (κ1) is 27.4. The average molecular weight is 515 g/mol. The Labute approximate surface area is 220 Å². The van der Waals surface area contributed by atoms with Crippen LogP contribution in [0.1, 0.15) is 72.3 Å². The second-order valence-electron chi connectivity index (χ2n) is 12.7. The van der Waals surface area contributed by atoms with Crippen LogP contribution in [0.5, 0.6) is 0 Å². The minimum atomic E-state index is -1.00. The molecule has 0 radical (unpaired) electrons. The maximum Gasteiger partial charge on any atom is 0.408 e. The summed E-state index contributed by atoms with van der Waals surface area (Å²) >= 11 is 0. The first-order valence-corrected chi connectivity index (χ1v) is 13.5. The van der Waals surface area contributed by atoms with Gasteiger partial charge in [0.05, 0.1) is 13.2 Å². The van der Waals surface area contributed by atoms with E-state index in [-0.39, 0.29) is 23.2 Å². The van der Waals surface area contributed by atoms with E-state index in [1.54, 1.807) is 20.8 Å². The number of carbonyl (C=O) groups excluding carboxylic acids is 2. The van der Waals surface area contributed by atoms with Crippen molar-refractivity contribution in [1.82, 2.24) is 10.2 Å². The lowest BCUT2D eigenvalue weighted by Crippen LogP contribution is -2.60. The van der Waals surface area contributed by atoms with E-state index in [0.717, 1.165) is 37.7 Å². The smallest absolute Gasteiger partial charge is 0.408 e. The van der Waals surface area contributed by atoms with Crippen LogP contribution in [0.25, 0.3) is 0 Å². The van der Waals surface area contributed by atoms with Gasteiger partial charge in [0, 0.05) is 17.9 Å². The molecule has 0 bridgehead atoms. The van der Waals surface area contributed by atoms with Gasteiger partial charge >= 0.3 is 12.1 Å². The van der Waals surface area contributed by atoms with Crippen LogP contribution >= 0.6 is 0 Å². The number of hydrogen-bond donors (Lipinski definition) is 2. The standard InChI is InChI=1S/C29H42N2O6/c1-27(2,3)37-26(35)30-23(28(4)14-10-7-11-15-28)24(32)31-16-20-21(22(31)25(33)34)29(20,5)18-36-17-19-12-8-6-9-13-19/h6,8-9,12-13,20-23H,7,10-11,14-18H2,1-5H3,(H,30,35)(H,33,34)/t20-,21-,22-,23+,29+/m0/s1. The number of carbonyl (C=O) groups is 3. The lowest BCUT2D eigenvalue weighted by molar-refractivity contribution is -0.153. The first-order valence-electron chi connectivity index (χ1n) is 13.5. The molecule has 2 amide bonds. The van der Waals surface area contributed by atoms with Crippen molar-refractivity contribution in [2.75, 3.05) is 13.2 Å². The van der Waals surface area contributed by atoms with E-state index >= 15 is 0 Å². The summed E-state index contributed by atoms with van der Waals surface area (Å²) in [6.45, 7) is 10.7. The van der Waals surface area contributed by atoms with E-state index in [1.165, 1.54) is 4.90 Å². The third-order valence-corrected chi connectivity index (χ3v) is 8.66. The Morgan fingerprint density at radius 3 is 2.35 bits per heavy atom. The van der Waals surface area contributed by atoms with Crippen LogP contribution < -0.4 is 5.32 Å². The number of rotatable bonds is 8.